The van der Waals surface area contributed by atoms with Gasteiger partial charge in [-0.2, -0.15) is 0 Å². The highest BCUT2D eigenvalue weighted by Crippen LogP contribution is 2.29. The first-order chi connectivity index (χ1) is 19.0. The molecule has 5 aromatic rings. The molecule has 0 radical (unpaired) electrons. The van der Waals surface area contributed by atoms with Crippen molar-refractivity contribution in [1.29, 1.82) is 0 Å². The monoisotopic (exact) mass is 525 g/mol. The van der Waals surface area contributed by atoms with Crippen molar-refractivity contribution in [3.05, 3.63) is 111 Å². The fraction of sp³-hybridized carbons (Fsp3) is 0.270. The molecule has 0 atom stereocenters. The van der Waals surface area contributed by atoms with E-state index in [0.29, 0.717) is 0 Å². The molecule has 4 aromatic carbocycles. The third kappa shape index (κ3) is 4.83. The molecule has 0 fully saturated rings. The quantitative estimate of drug-likeness (QED) is 0.226. The average molecular weight is 526 g/mol. The summed E-state index contributed by atoms with van der Waals surface area (Å²) in [6, 6.07) is 22.2. The van der Waals surface area contributed by atoms with Gasteiger partial charge in [0.05, 0.1) is 18.3 Å². The summed E-state index contributed by atoms with van der Waals surface area (Å²) in [6.45, 7) is 20.4. The van der Waals surface area contributed by atoms with Gasteiger partial charge >= 0.3 is 0 Å². The number of methoxy groups -OCH3 is 1. The largest absolute Gasteiger partial charge is 0.497 e. The molecule has 5 rings (SSSR count). The Kier molecular flexibility index (Phi) is 7.35. The number of rotatable bonds is 5. The van der Waals surface area contributed by atoms with E-state index in [4.69, 9.17) is 9.72 Å². The van der Waals surface area contributed by atoms with E-state index in [-0.39, 0.29) is 6.71 Å². The predicted molar refractivity (Wildman–Crippen MR) is 174 cm³/mol. The zero-order chi connectivity index (χ0) is 28.9. The van der Waals surface area contributed by atoms with E-state index in [1.807, 2.05) is 12.1 Å². The minimum Gasteiger partial charge on any atom is -0.497 e. The lowest BCUT2D eigenvalue weighted by Gasteiger charge is -2.28. The highest BCUT2D eigenvalue weighted by Gasteiger charge is 2.31. The summed E-state index contributed by atoms with van der Waals surface area (Å²) >= 11 is 0. The van der Waals surface area contributed by atoms with Crippen LogP contribution in [0.15, 0.2) is 60.7 Å². The molecule has 3 heteroatoms. The Labute approximate surface area is 240 Å². The van der Waals surface area contributed by atoms with Gasteiger partial charge in [-0.05, 0) is 110 Å². The maximum atomic E-state index is 5.37. The number of pyridine rings is 1. The molecule has 0 aliphatic carbocycles. The third-order valence-corrected chi connectivity index (χ3v) is 8.53. The summed E-state index contributed by atoms with van der Waals surface area (Å²) in [5.74, 6) is 0.855. The number of hydrogen-bond donors (Lipinski definition) is 0. The van der Waals surface area contributed by atoms with Crippen LogP contribution in [0.2, 0.25) is 0 Å². The Morgan fingerprint density at radius 3 is 1.50 bits per heavy atom. The molecule has 0 aliphatic rings. The molecule has 0 bridgehead atoms. The van der Waals surface area contributed by atoms with Gasteiger partial charge in [0.1, 0.15) is 5.75 Å². The van der Waals surface area contributed by atoms with Crippen LogP contribution in [0.5, 0.6) is 5.75 Å². The Balaban J connectivity index is 1.80. The van der Waals surface area contributed by atoms with Gasteiger partial charge in [-0.3, -0.25) is 0 Å². The van der Waals surface area contributed by atoms with Gasteiger partial charge in [-0.1, -0.05) is 79.6 Å². The first-order valence-electron chi connectivity index (χ1n) is 14.2. The standard InChI is InChI=1S/C37H40BNO/c1-21-15-23(3)34(24(4)16-21)38(35-25(5)17-22(2)18-26(35)6)36-27(7)20-33-32(29(36)9)19-28(8)37(39-33)30-11-13-31(40-10)14-12-30/h11-20H,1-10H3. The molecular weight excluding hydrogens is 485 g/mol. The van der Waals surface area contributed by atoms with Gasteiger partial charge in [0, 0.05) is 10.9 Å². The first-order valence-corrected chi connectivity index (χ1v) is 14.2. The minimum absolute atomic E-state index is 0.146. The lowest BCUT2D eigenvalue weighted by atomic mass is 9.33. The van der Waals surface area contributed by atoms with Gasteiger partial charge in [0.15, 0.2) is 0 Å². The number of ether oxygens (including phenoxy) is 1. The van der Waals surface area contributed by atoms with Crippen LogP contribution in [0.25, 0.3) is 22.2 Å². The highest BCUT2D eigenvalue weighted by atomic mass is 16.5. The molecule has 40 heavy (non-hydrogen) atoms. The Bertz CT molecular complexity index is 1660. The van der Waals surface area contributed by atoms with Crippen LogP contribution in [0, 0.1) is 62.3 Å². The number of aryl methyl sites for hydroxylation is 9. The van der Waals surface area contributed by atoms with Crippen molar-refractivity contribution in [2.24, 2.45) is 0 Å². The number of nitrogens with zero attached hydrogens (tertiary/aromatic N) is 1. The zero-order valence-corrected chi connectivity index (χ0v) is 25.7. The SMILES string of the molecule is COc1ccc(-c2nc3cc(C)c(B(c4c(C)cc(C)cc4C)c4c(C)cc(C)cc4C)c(C)c3cc2C)cc1. The van der Waals surface area contributed by atoms with Crippen molar-refractivity contribution in [1.82, 2.24) is 4.98 Å². The van der Waals surface area contributed by atoms with E-state index >= 15 is 0 Å². The van der Waals surface area contributed by atoms with Crippen LogP contribution in [-0.2, 0) is 0 Å². The van der Waals surface area contributed by atoms with Gasteiger partial charge in [-0.15, -0.1) is 0 Å². The predicted octanol–water partition coefficient (Wildman–Crippen LogP) is 7.20. The van der Waals surface area contributed by atoms with Crippen molar-refractivity contribution < 1.29 is 4.74 Å². The van der Waals surface area contributed by atoms with E-state index in [0.717, 1.165) is 22.5 Å². The number of benzene rings is 4. The van der Waals surface area contributed by atoms with Gasteiger partial charge in [-0.25, -0.2) is 4.98 Å². The highest BCUT2D eigenvalue weighted by molar-refractivity contribution is 6.97. The summed E-state index contributed by atoms with van der Waals surface area (Å²) < 4.78 is 5.37. The van der Waals surface area contributed by atoms with Gasteiger partial charge in [0.25, 0.3) is 0 Å². The van der Waals surface area contributed by atoms with E-state index in [2.05, 4.69) is 111 Å². The topological polar surface area (TPSA) is 22.1 Å². The second-order valence-corrected chi connectivity index (χ2v) is 11.7. The molecular formula is C37H40BNO. The third-order valence-electron chi connectivity index (χ3n) is 8.53. The lowest BCUT2D eigenvalue weighted by molar-refractivity contribution is 0.415. The van der Waals surface area contributed by atoms with Crippen LogP contribution in [0.3, 0.4) is 0 Å². The van der Waals surface area contributed by atoms with E-state index in [1.54, 1.807) is 7.11 Å². The summed E-state index contributed by atoms with van der Waals surface area (Å²) in [6.07, 6.45) is 0. The lowest BCUT2D eigenvalue weighted by Crippen LogP contribution is -2.57. The number of fused-ring (bicyclic) bond motifs is 1. The Morgan fingerprint density at radius 1 is 0.550 bits per heavy atom. The summed E-state index contributed by atoms with van der Waals surface area (Å²) in [5.41, 5.74) is 19.2. The van der Waals surface area contributed by atoms with Crippen LogP contribution < -0.4 is 21.1 Å². The van der Waals surface area contributed by atoms with Gasteiger partial charge < -0.3 is 4.74 Å². The molecule has 0 saturated carbocycles. The first kappa shape index (κ1) is 27.7. The van der Waals surface area contributed by atoms with Crippen LogP contribution in [0.4, 0.5) is 0 Å². The molecule has 0 saturated heterocycles. The maximum Gasteiger partial charge on any atom is 0.243 e. The Hall–Kier alpha value is -3.85. The van der Waals surface area contributed by atoms with Crippen LogP contribution in [-0.4, -0.2) is 18.8 Å². The second-order valence-electron chi connectivity index (χ2n) is 11.7. The molecule has 0 spiro atoms. The molecule has 0 amide bonds. The fourth-order valence-corrected chi connectivity index (χ4v) is 6.97. The molecule has 2 nitrogen and oxygen atoms in total. The summed E-state index contributed by atoms with van der Waals surface area (Å²) in [5, 5.41) is 1.23. The second kappa shape index (κ2) is 10.6. The fourth-order valence-electron chi connectivity index (χ4n) is 6.97. The van der Waals surface area contributed by atoms with Crippen LogP contribution >= 0.6 is 0 Å². The number of aromatic nitrogens is 1. The van der Waals surface area contributed by atoms with Crippen molar-refractivity contribution in [2.75, 3.05) is 7.11 Å². The van der Waals surface area contributed by atoms with Crippen LogP contribution in [0.1, 0.15) is 50.1 Å². The smallest absolute Gasteiger partial charge is 0.243 e. The normalized spacial score (nSPS) is 11.2. The summed E-state index contributed by atoms with van der Waals surface area (Å²) in [7, 11) is 1.70. The van der Waals surface area contributed by atoms with E-state index in [9.17, 15) is 0 Å². The maximum absolute atomic E-state index is 5.37. The minimum atomic E-state index is 0.146. The molecule has 0 aliphatic heterocycles. The molecule has 0 unspecified atom stereocenters. The summed E-state index contributed by atoms with van der Waals surface area (Å²) in [4.78, 5) is 5.22. The molecule has 1 aromatic heterocycles. The van der Waals surface area contributed by atoms with Gasteiger partial charge in [0.2, 0.25) is 6.71 Å². The molecule has 0 N–H and O–H groups in total. The number of hydrogen-bond acceptors (Lipinski definition) is 2. The van der Waals surface area contributed by atoms with Crippen molar-refractivity contribution in [3.63, 3.8) is 0 Å². The van der Waals surface area contributed by atoms with Crippen molar-refractivity contribution in [3.8, 4) is 17.0 Å². The van der Waals surface area contributed by atoms with E-state index < -0.39 is 0 Å². The Morgan fingerprint density at radius 2 is 1.02 bits per heavy atom. The van der Waals surface area contributed by atoms with E-state index in [1.165, 1.54) is 71.8 Å². The van der Waals surface area contributed by atoms with Crippen molar-refractivity contribution in [2.45, 2.75) is 62.3 Å². The zero-order valence-electron chi connectivity index (χ0n) is 25.7. The van der Waals surface area contributed by atoms with Crippen molar-refractivity contribution >= 4 is 34.0 Å². The molecule has 1 heterocycles. The molecule has 202 valence electrons. The average Bonchev–Trinajstić information content (AvgIpc) is 2.87.